The van der Waals surface area contributed by atoms with E-state index in [2.05, 4.69) is 4.74 Å². The number of nitrogens with two attached hydrogens (primary N) is 1. The molecule has 0 saturated carbocycles. The number of rotatable bonds is 4. The molecule has 0 bridgehead atoms. The van der Waals surface area contributed by atoms with Crippen molar-refractivity contribution in [2.45, 2.75) is 12.7 Å². The Bertz CT molecular complexity index is 473. The minimum Gasteiger partial charge on any atom is -0.435 e. The molecule has 0 aliphatic rings. The number of hydrogen-bond acceptors (Lipinski definition) is 3. The van der Waals surface area contributed by atoms with E-state index in [1.165, 1.54) is 12.1 Å². The summed E-state index contributed by atoms with van der Waals surface area (Å²) in [7, 11) is 0. The summed E-state index contributed by atoms with van der Waals surface area (Å²) >= 11 is 1.55. The van der Waals surface area contributed by atoms with Gasteiger partial charge in [-0.05, 0) is 40.1 Å². The molecule has 5 heteroatoms. The number of alkyl halides is 2. The maximum atomic E-state index is 12.1. The molecule has 1 atom stereocenters. The summed E-state index contributed by atoms with van der Waals surface area (Å²) in [5, 5.41) is 3.86. The van der Waals surface area contributed by atoms with Crippen molar-refractivity contribution in [2.24, 2.45) is 5.73 Å². The Hall–Kier alpha value is -1.46. The average molecular weight is 255 g/mol. The number of ether oxygens (including phenoxy) is 1. The molecule has 0 fully saturated rings. The normalized spacial score (nSPS) is 12.7. The Morgan fingerprint density at radius 3 is 2.65 bits per heavy atom. The van der Waals surface area contributed by atoms with E-state index in [0.29, 0.717) is 0 Å². The van der Waals surface area contributed by atoms with E-state index < -0.39 is 6.61 Å². The molecule has 17 heavy (non-hydrogen) atoms. The van der Waals surface area contributed by atoms with Crippen LogP contribution in [0.25, 0.3) is 0 Å². The van der Waals surface area contributed by atoms with Crippen LogP contribution in [-0.4, -0.2) is 6.61 Å². The van der Waals surface area contributed by atoms with Crippen LogP contribution in [-0.2, 0) is 0 Å². The highest BCUT2D eigenvalue weighted by atomic mass is 32.1. The third-order valence-electron chi connectivity index (χ3n) is 2.34. The van der Waals surface area contributed by atoms with Crippen molar-refractivity contribution in [1.29, 1.82) is 0 Å². The first-order valence-corrected chi connectivity index (χ1v) is 5.93. The highest BCUT2D eigenvalue weighted by Crippen LogP contribution is 2.25. The molecule has 0 spiro atoms. The fourth-order valence-electron chi connectivity index (χ4n) is 1.53. The molecule has 2 rings (SSSR count). The molecule has 1 aromatic heterocycles. The smallest absolute Gasteiger partial charge is 0.387 e. The first kappa shape index (κ1) is 12.0. The summed E-state index contributed by atoms with van der Waals surface area (Å²) in [6, 6.07) is 8.06. The standard InChI is InChI=1S/C12H11F2NOS/c13-12(14)16-10-3-1-2-8(6-10)11(15)9-4-5-17-7-9/h1-7,11-12H,15H2/t11-/m1/s1. The lowest BCUT2D eigenvalue weighted by molar-refractivity contribution is -0.0498. The van der Waals surface area contributed by atoms with Gasteiger partial charge in [-0.25, -0.2) is 0 Å². The van der Waals surface area contributed by atoms with E-state index in [0.717, 1.165) is 11.1 Å². The Morgan fingerprint density at radius 1 is 1.18 bits per heavy atom. The summed E-state index contributed by atoms with van der Waals surface area (Å²) < 4.78 is 28.5. The number of halogens is 2. The first-order chi connectivity index (χ1) is 8.16. The summed E-state index contributed by atoms with van der Waals surface area (Å²) in [6.45, 7) is -2.82. The minimum atomic E-state index is -2.82. The average Bonchev–Trinajstić information content (AvgIpc) is 2.81. The van der Waals surface area contributed by atoms with Gasteiger partial charge in [-0.15, -0.1) is 0 Å². The quantitative estimate of drug-likeness (QED) is 0.908. The number of hydrogen-bond donors (Lipinski definition) is 1. The summed E-state index contributed by atoms with van der Waals surface area (Å²) in [4.78, 5) is 0. The van der Waals surface area contributed by atoms with Crippen LogP contribution in [0, 0.1) is 0 Å². The summed E-state index contributed by atoms with van der Waals surface area (Å²) in [6.07, 6.45) is 0. The SMILES string of the molecule is N[C@@H](c1ccsc1)c1cccc(OC(F)F)c1. The second kappa shape index (κ2) is 5.25. The third-order valence-corrected chi connectivity index (χ3v) is 3.05. The van der Waals surface area contributed by atoms with Gasteiger partial charge in [-0.1, -0.05) is 12.1 Å². The molecule has 0 radical (unpaired) electrons. The molecule has 90 valence electrons. The van der Waals surface area contributed by atoms with E-state index in [1.807, 2.05) is 16.8 Å². The van der Waals surface area contributed by atoms with Crippen molar-refractivity contribution in [3.8, 4) is 5.75 Å². The highest BCUT2D eigenvalue weighted by Gasteiger charge is 2.11. The van der Waals surface area contributed by atoms with Crippen LogP contribution in [0.2, 0.25) is 0 Å². The second-order valence-corrected chi connectivity index (χ2v) is 4.27. The predicted molar refractivity (Wildman–Crippen MR) is 63.4 cm³/mol. The van der Waals surface area contributed by atoms with E-state index >= 15 is 0 Å². The summed E-state index contributed by atoms with van der Waals surface area (Å²) in [5.41, 5.74) is 7.74. The van der Waals surface area contributed by atoms with Crippen molar-refractivity contribution >= 4 is 11.3 Å². The second-order valence-electron chi connectivity index (χ2n) is 3.49. The van der Waals surface area contributed by atoms with E-state index in [-0.39, 0.29) is 11.8 Å². The monoisotopic (exact) mass is 255 g/mol. The Labute approximate surface area is 102 Å². The van der Waals surface area contributed by atoms with E-state index in [1.54, 1.807) is 23.5 Å². The fraction of sp³-hybridized carbons (Fsp3) is 0.167. The van der Waals surface area contributed by atoms with Crippen LogP contribution in [0.1, 0.15) is 17.2 Å². The van der Waals surface area contributed by atoms with Crippen molar-refractivity contribution in [3.05, 3.63) is 52.2 Å². The number of benzene rings is 1. The van der Waals surface area contributed by atoms with Crippen LogP contribution in [0.5, 0.6) is 5.75 Å². The largest absolute Gasteiger partial charge is 0.435 e. The predicted octanol–water partition coefficient (Wildman–Crippen LogP) is 3.40. The van der Waals surface area contributed by atoms with Crippen LogP contribution in [0.4, 0.5) is 8.78 Å². The van der Waals surface area contributed by atoms with E-state index in [9.17, 15) is 8.78 Å². The molecular weight excluding hydrogens is 244 g/mol. The lowest BCUT2D eigenvalue weighted by Crippen LogP contribution is -2.11. The Balaban J connectivity index is 2.21. The topological polar surface area (TPSA) is 35.2 Å². The molecule has 0 unspecified atom stereocenters. The molecule has 0 amide bonds. The maximum absolute atomic E-state index is 12.1. The van der Waals surface area contributed by atoms with Gasteiger partial charge < -0.3 is 10.5 Å². The van der Waals surface area contributed by atoms with Gasteiger partial charge in [0, 0.05) is 0 Å². The van der Waals surface area contributed by atoms with Gasteiger partial charge in [0.15, 0.2) is 0 Å². The van der Waals surface area contributed by atoms with Crippen LogP contribution < -0.4 is 10.5 Å². The Kier molecular flexibility index (Phi) is 3.71. The van der Waals surface area contributed by atoms with Gasteiger partial charge >= 0.3 is 6.61 Å². The van der Waals surface area contributed by atoms with Gasteiger partial charge in [-0.3, -0.25) is 0 Å². The molecule has 1 heterocycles. The van der Waals surface area contributed by atoms with Gasteiger partial charge in [0.1, 0.15) is 5.75 Å². The van der Waals surface area contributed by atoms with Gasteiger partial charge in [-0.2, -0.15) is 20.1 Å². The van der Waals surface area contributed by atoms with Crippen LogP contribution in [0.15, 0.2) is 41.1 Å². The fourth-order valence-corrected chi connectivity index (χ4v) is 2.23. The zero-order chi connectivity index (χ0) is 12.3. The Morgan fingerprint density at radius 2 is 2.00 bits per heavy atom. The zero-order valence-corrected chi connectivity index (χ0v) is 9.66. The lowest BCUT2D eigenvalue weighted by Gasteiger charge is -2.12. The van der Waals surface area contributed by atoms with Crippen molar-refractivity contribution < 1.29 is 13.5 Å². The molecule has 2 nitrogen and oxygen atoms in total. The zero-order valence-electron chi connectivity index (χ0n) is 8.85. The summed E-state index contributed by atoms with van der Waals surface area (Å²) in [5.74, 6) is 0.128. The minimum absolute atomic E-state index is 0.128. The third kappa shape index (κ3) is 3.01. The number of thiophene rings is 1. The van der Waals surface area contributed by atoms with Crippen molar-refractivity contribution in [1.82, 2.24) is 0 Å². The van der Waals surface area contributed by atoms with E-state index in [4.69, 9.17) is 5.73 Å². The lowest BCUT2D eigenvalue weighted by atomic mass is 10.0. The molecule has 0 saturated heterocycles. The van der Waals surface area contributed by atoms with Crippen LogP contribution >= 0.6 is 11.3 Å². The van der Waals surface area contributed by atoms with Gasteiger partial charge in [0.05, 0.1) is 6.04 Å². The van der Waals surface area contributed by atoms with Gasteiger partial charge in [0.25, 0.3) is 0 Å². The molecule has 2 aromatic rings. The first-order valence-electron chi connectivity index (χ1n) is 4.99. The van der Waals surface area contributed by atoms with Crippen molar-refractivity contribution in [3.63, 3.8) is 0 Å². The van der Waals surface area contributed by atoms with Crippen molar-refractivity contribution in [2.75, 3.05) is 0 Å². The molecular formula is C12H11F2NOS. The van der Waals surface area contributed by atoms with Crippen LogP contribution in [0.3, 0.4) is 0 Å². The highest BCUT2D eigenvalue weighted by molar-refractivity contribution is 7.08. The molecule has 0 aliphatic heterocycles. The molecule has 2 N–H and O–H groups in total. The maximum Gasteiger partial charge on any atom is 0.387 e. The molecule has 0 aliphatic carbocycles. The molecule has 1 aromatic carbocycles. The van der Waals surface area contributed by atoms with Gasteiger partial charge in [0.2, 0.25) is 0 Å².